The van der Waals surface area contributed by atoms with Crippen LogP contribution >= 0.6 is 0 Å². The number of nitrogen functional groups attached to an aromatic ring is 1. The van der Waals surface area contributed by atoms with Gasteiger partial charge in [0.2, 0.25) is 5.78 Å². The molecule has 0 atom stereocenters. The zero-order chi connectivity index (χ0) is 13.9. The van der Waals surface area contributed by atoms with E-state index in [1.807, 2.05) is 24.3 Å². The van der Waals surface area contributed by atoms with Crippen LogP contribution in [0.25, 0.3) is 10.9 Å². The third-order valence-corrected chi connectivity index (χ3v) is 3.81. The van der Waals surface area contributed by atoms with Crippen molar-refractivity contribution in [3.05, 3.63) is 47.7 Å². The van der Waals surface area contributed by atoms with Crippen molar-refractivity contribution >= 4 is 22.4 Å². The zero-order valence-electron chi connectivity index (χ0n) is 11.4. The first-order valence-corrected chi connectivity index (χ1v) is 7.15. The highest BCUT2D eigenvalue weighted by atomic mass is 16.1. The number of benzene rings is 1. The second kappa shape index (κ2) is 5.45. The van der Waals surface area contributed by atoms with Gasteiger partial charge in [-0.1, -0.05) is 30.7 Å². The molecule has 0 bridgehead atoms. The average molecular weight is 266 g/mol. The number of carbonyl (C=O) groups excluding carboxylic acids is 1. The molecule has 3 nitrogen and oxygen atoms in total. The highest BCUT2D eigenvalue weighted by Gasteiger charge is 2.16. The van der Waals surface area contributed by atoms with Gasteiger partial charge in [0.15, 0.2) is 0 Å². The molecule has 2 aromatic rings. The summed E-state index contributed by atoms with van der Waals surface area (Å²) in [6, 6.07) is 9.36. The topological polar surface area (TPSA) is 56.0 Å². The van der Waals surface area contributed by atoms with E-state index in [2.05, 4.69) is 11.1 Å². The third-order valence-electron chi connectivity index (χ3n) is 3.81. The predicted octanol–water partition coefficient (Wildman–Crippen LogP) is 3.89. The summed E-state index contributed by atoms with van der Waals surface area (Å²) in [6.45, 7) is 0. The summed E-state index contributed by atoms with van der Waals surface area (Å²) in [5.41, 5.74) is 8.80. The molecular formula is C17H18N2O. The van der Waals surface area contributed by atoms with Crippen LogP contribution in [0.15, 0.2) is 42.0 Å². The van der Waals surface area contributed by atoms with Crippen molar-refractivity contribution in [2.75, 3.05) is 5.73 Å². The number of para-hydroxylation sites is 1. The summed E-state index contributed by atoms with van der Waals surface area (Å²) in [4.78, 5) is 17.0. The maximum atomic E-state index is 12.6. The lowest BCUT2D eigenvalue weighted by atomic mass is 10.0. The number of fused-ring (bicyclic) bond motifs is 1. The van der Waals surface area contributed by atoms with Crippen molar-refractivity contribution in [3.8, 4) is 0 Å². The second-order valence-corrected chi connectivity index (χ2v) is 5.27. The number of allylic oxidation sites excluding steroid dienone is 2. The number of hydrogen-bond acceptors (Lipinski definition) is 3. The van der Waals surface area contributed by atoms with Crippen molar-refractivity contribution in [3.63, 3.8) is 0 Å². The molecule has 20 heavy (non-hydrogen) atoms. The lowest BCUT2D eigenvalue weighted by Crippen LogP contribution is -2.07. The quantitative estimate of drug-likeness (QED) is 0.839. The van der Waals surface area contributed by atoms with E-state index >= 15 is 0 Å². The van der Waals surface area contributed by atoms with Gasteiger partial charge >= 0.3 is 0 Å². The minimum absolute atomic E-state index is 0.0318. The smallest absolute Gasteiger partial charge is 0.207 e. The summed E-state index contributed by atoms with van der Waals surface area (Å²) in [5.74, 6) is 0.0318. The van der Waals surface area contributed by atoms with Crippen LogP contribution in [-0.4, -0.2) is 10.8 Å². The molecule has 0 radical (unpaired) electrons. The number of aromatic nitrogens is 1. The standard InChI is InChI=1S/C17H18N2O/c18-14-11-16(19-15-10-6-5-9-13(14)15)17(20)12-7-3-1-2-4-8-12/h5-7,9-11H,1-4,8H2,(H2,18,19). The molecule has 1 heterocycles. The van der Waals surface area contributed by atoms with Gasteiger partial charge in [-0.3, -0.25) is 4.79 Å². The van der Waals surface area contributed by atoms with E-state index in [0.717, 1.165) is 35.7 Å². The Hall–Kier alpha value is -2.16. The molecule has 1 aromatic heterocycles. The van der Waals surface area contributed by atoms with Gasteiger partial charge in [0.05, 0.1) is 5.52 Å². The lowest BCUT2D eigenvalue weighted by Gasteiger charge is -2.07. The molecule has 0 saturated heterocycles. The van der Waals surface area contributed by atoms with Crippen LogP contribution in [0.4, 0.5) is 5.69 Å². The lowest BCUT2D eigenvalue weighted by molar-refractivity contribution is 0.102. The van der Waals surface area contributed by atoms with Crippen LogP contribution in [0.5, 0.6) is 0 Å². The maximum Gasteiger partial charge on any atom is 0.207 e. The number of anilines is 1. The van der Waals surface area contributed by atoms with Crippen molar-refractivity contribution < 1.29 is 4.79 Å². The van der Waals surface area contributed by atoms with E-state index in [4.69, 9.17) is 5.73 Å². The summed E-state index contributed by atoms with van der Waals surface area (Å²) in [6.07, 6.45) is 7.37. The van der Waals surface area contributed by atoms with Gasteiger partial charge in [-0.15, -0.1) is 0 Å². The minimum Gasteiger partial charge on any atom is -0.398 e. The molecule has 0 fully saturated rings. The van der Waals surface area contributed by atoms with Gasteiger partial charge in [0.1, 0.15) is 5.69 Å². The highest BCUT2D eigenvalue weighted by molar-refractivity contribution is 6.09. The molecule has 3 heteroatoms. The predicted molar refractivity (Wildman–Crippen MR) is 81.7 cm³/mol. The van der Waals surface area contributed by atoms with Crippen LogP contribution in [0.1, 0.15) is 42.6 Å². The van der Waals surface area contributed by atoms with Crippen LogP contribution in [0.3, 0.4) is 0 Å². The number of rotatable bonds is 2. The Morgan fingerprint density at radius 1 is 1.15 bits per heavy atom. The molecule has 0 unspecified atom stereocenters. The number of Topliss-reactive ketones (excluding diaryl/α,β-unsaturated/α-hetero) is 1. The molecule has 1 aromatic carbocycles. The summed E-state index contributed by atoms with van der Waals surface area (Å²) in [5, 5.41) is 0.902. The fraction of sp³-hybridized carbons (Fsp3) is 0.294. The Labute approximate surface area is 118 Å². The monoisotopic (exact) mass is 266 g/mol. The minimum atomic E-state index is 0.0318. The van der Waals surface area contributed by atoms with Crippen LogP contribution < -0.4 is 5.73 Å². The number of carbonyl (C=O) groups is 1. The molecule has 1 aliphatic rings. The molecule has 0 aliphatic heterocycles. The number of pyridine rings is 1. The van der Waals surface area contributed by atoms with Gasteiger partial charge in [-0.05, 0) is 43.4 Å². The average Bonchev–Trinajstić information content (AvgIpc) is 2.75. The van der Waals surface area contributed by atoms with Crippen molar-refractivity contribution in [1.29, 1.82) is 0 Å². The number of nitrogens with zero attached hydrogens (tertiary/aromatic N) is 1. The van der Waals surface area contributed by atoms with E-state index in [1.54, 1.807) is 6.07 Å². The third kappa shape index (κ3) is 2.44. The Morgan fingerprint density at radius 2 is 2.00 bits per heavy atom. The summed E-state index contributed by atoms with van der Waals surface area (Å²) in [7, 11) is 0. The van der Waals surface area contributed by atoms with Crippen LogP contribution in [0.2, 0.25) is 0 Å². The highest BCUT2D eigenvalue weighted by Crippen LogP contribution is 2.24. The summed E-state index contributed by atoms with van der Waals surface area (Å²) >= 11 is 0. The Morgan fingerprint density at radius 3 is 2.90 bits per heavy atom. The molecule has 0 saturated carbocycles. The van der Waals surface area contributed by atoms with Gasteiger partial charge in [-0.25, -0.2) is 4.98 Å². The Kier molecular flexibility index (Phi) is 3.50. The second-order valence-electron chi connectivity index (χ2n) is 5.27. The fourth-order valence-electron chi connectivity index (χ4n) is 2.70. The van der Waals surface area contributed by atoms with Gasteiger partial charge < -0.3 is 5.73 Å². The molecule has 0 amide bonds. The van der Waals surface area contributed by atoms with Crippen molar-refractivity contribution in [2.24, 2.45) is 0 Å². The van der Waals surface area contributed by atoms with E-state index < -0.39 is 0 Å². The van der Waals surface area contributed by atoms with Crippen molar-refractivity contribution in [2.45, 2.75) is 32.1 Å². The van der Waals surface area contributed by atoms with Crippen molar-refractivity contribution in [1.82, 2.24) is 4.98 Å². The number of hydrogen-bond donors (Lipinski definition) is 1. The fourth-order valence-corrected chi connectivity index (χ4v) is 2.70. The number of nitrogens with two attached hydrogens (primary N) is 1. The first kappa shape index (κ1) is 12.9. The van der Waals surface area contributed by atoms with Gasteiger partial charge in [-0.2, -0.15) is 0 Å². The largest absolute Gasteiger partial charge is 0.398 e. The van der Waals surface area contributed by atoms with Gasteiger partial charge in [0.25, 0.3) is 0 Å². The Balaban J connectivity index is 2.01. The first-order chi connectivity index (χ1) is 9.75. The molecule has 1 aliphatic carbocycles. The molecule has 0 spiro atoms. The molecule has 102 valence electrons. The van der Waals surface area contributed by atoms with E-state index in [9.17, 15) is 4.79 Å². The maximum absolute atomic E-state index is 12.6. The van der Waals surface area contributed by atoms with E-state index in [-0.39, 0.29) is 5.78 Å². The van der Waals surface area contributed by atoms with Crippen LogP contribution in [0, 0.1) is 0 Å². The van der Waals surface area contributed by atoms with Crippen LogP contribution in [-0.2, 0) is 0 Å². The van der Waals surface area contributed by atoms with Gasteiger partial charge in [0, 0.05) is 11.1 Å². The summed E-state index contributed by atoms with van der Waals surface area (Å²) < 4.78 is 0. The molecule has 3 rings (SSSR count). The Bertz CT molecular complexity index is 688. The normalized spacial score (nSPS) is 15.7. The van der Waals surface area contributed by atoms with E-state index in [0.29, 0.717) is 11.4 Å². The van der Waals surface area contributed by atoms with E-state index in [1.165, 1.54) is 12.8 Å². The molecule has 2 N–H and O–H groups in total. The first-order valence-electron chi connectivity index (χ1n) is 7.15. The number of ketones is 1. The SMILES string of the molecule is Nc1cc(C(=O)C2=CCCCCC2)nc2ccccc12. The zero-order valence-corrected chi connectivity index (χ0v) is 11.4. The molecular weight excluding hydrogens is 248 g/mol.